The summed E-state index contributed by atoms with van der Waals surface area (Å²) in [5, 5.41) is 0.529. The maximum Gasteiger partial charge on any atom is 0.235 e. The molecule has 0 aliphatic heterocycles. The second kappa shape index (κ2) is 12.1. The summed E-state index contributed by atoms with van der Waals surface area (Å²) in [6.07, 6.45) is 3.87. The molecule has 1 aliphatic rings. The van der Waals surface area contributed by atoms with Gasteiger partial charge in [-0.3, -0.25) is 14.6 Å². The molecular formula is C28H33FN4O5S2. The van der Waals surface area contributed by atoms with Crippen LogP contribution in [0.5, 0.6) is 5.75 Å². The summed E-state index contributed by atoms with van der Waals surface area (Å²) >= 11 is 1.26. The molecule has 214 valence electrons. The third-order valence-corrected chi connectivity index (χ3v) is 9.74. The fraction of sp³-hybridized carbons (Fsp3) is 0.429. The minimum absolute atomic E-state index is 0.0992. The average Bonchev–Trinajstić information content (AvgIpc) is 3.65. The van der Waals surface area contributed by atoms with Gasteiger partial charge in [0.15, 0.2) is 5.78 Å². The zero-order chi connectivity index (χ0) is 29.1. The topological polar surface area (TPSA) is 110 Å². The normalized spacial score (nSPS) is 14.2. The van der Waals surface area contributed by atoms with Gasteiger partial charge in [-0.1, -0.05) is 18.2 Å². The number of methoxy groups -OCH3 is 1. The predicted octanol–water partition coefficient (Wildman–Crippen LogP) is 3.76. The lowest BCUT2D eigenvalue weighted by molar-refractivity contribution is -0.134. The minimum Gasteiger partial charge on any atom is -0.495 e. The molecule has 1 fully saturated rings. The summed E-state index contributed by atoms with van der Waals surface area (Å²) in [6.45, 7) is 2.21. The molecule has 12 heteroatoms. The fourth-order valence-corrected chi connectivity index (χ4v) is 6.20. The van der Waals surface area contributed by atoms with Gasteiger partial charge in [-0.15, -0.1) is 11.3 Å². The van der Waals surface area contributed by atoms with Crippen molar-refractivity contribution in [2.24, 2.45) is 0 Å². The maximum atomic E-state index is 14.2. The van der Waals surface area contributed by atoms with Crippen LogP contribution >= 0.6 is 11.3 Å². The average molecular weight is 589 g/mol. The third-order valence-electron chi connectivity index (χ3n) is 7.04. The number of aryl methyl sites for hydroxylation is 2. The van der Waals surface area contributed by atoms with Crippen molar-refractivity contribution in [3.05, 3.63) is 75.2 Å². The van der Waals surface area contributed by atoms with Crippen LogP contribution in [-0.2, 0) is 33.2 Å². The number of hydrogen-bond donors (Lipinski definition) is 0. The number of thiazole rings is 1. The molecule has 2 heterocycles. The number of carbonyl (C=O) groups is 2. The first-order chi connectivity index (χ1) is 19.0. The molecule has 0 atom stereocenters. The van der Waals surface area contributed by atoms with Gasteiger partial charge in [-0.05, 0) is 56.4 Å². The summed E-state index contributed by atoms with van der Waals surface area (Å²) in [7, 11) is 0.558. The van der Waals surface area contributed by atoms with E-state index in [4.69, 9.17) is 4.74 Å². The number of sulfonamides is 1. The van der Waals surface area contributed by atoms with Gasteiger partial charge < -0.3 is 9.64 Å². The highest BCUT2D eigenvalue weighted by Gasteiger charge is 2.54. The van der Waals surface area contributed by atoms with E-state index in [9.17, 15) is 22.4 Å². The molecule has 1 aromatic carbocycles. The Labute approximate surface area is 238 Å². The fourth-order valence-electron chi connectivity index (χ4n) is 4.51. The van der Waals surface area contributed by atoms with Gasteiger partial charge >= 0.3 is 0 Å². The molecular weight excluding hydrogens is 555 g/mol. The van der Waals surface area contributed by atoms with E-state index in [0.717, 1.165) is 4.31 Å². The first-order valence-corrected chi connectivity index (χ1v) is 15.3. The Bertz CT molecular complexity index is 1480. The van der Waals surface area contributed by atoms with Gasteiger partial charge in [0.25, 0.3) is 0 Å². The van der Waals surface area contributed by atoms with Gasteiger partial charge in [-0.25, -0.2) is 22.1 Å². The first kappa shape index (κ1) is 29.8. The van der Waals surface area contributed by atoms with Crippen LogP contribution in [0.15, 0.2) is 42.6 Å². The van der Waals surface area contributed by atoms with Crippen molar-refractivity contribution in [2.75, 3.05) is 33.5 Å². The van der Waals surface area contributed by atoms with E-state index >= 15 is 0 Å². The number of carbonyl (C=O) groups excluding carboxylic acids is 2. The zero-order valence-corrected chi connectivity index (χ0v) is 24.6. The lowest BCUT2D eigenvalue weighted by atomic mass is 9.99. The molecule has 0 saturated heterocycles. The molecule has 1 saturated carbocycles. The van der Waals surface area contributed by atoms with Crippen molar-refractivity contribution >= 4 is 33.1 Å². The summed E-state index contributed by atoms with van der Waals surface area (Å²) < 4.78 is 44.9. The van der Waals surface area contributed by atoms with Gasteiger partial charge in [0.2, 0.25) is 15.9 Å². The quantitative estimate of drug-likeness (QED) is 0.280. The van der Waals surface area contributed by atoms with Crippen LogP contribution in [0.4, 0.5) is 4.39 Å². The molecule has 3 aromatic rings. The number of pyridine rings is 1. The first-order valence-electron chi connectivity index (χ1n) is 12.9. The molecule has 0 bridgehead atoms. The Hall–Kier alpha value is -3.22. The highest BCUT2D eigenvalue weighted by molar-refractivity contribution is 7.89. The van der Waals surface area contributed by atoms with Crippen molar-refractivity contribution in [3.63, 3.8) is 0 Å². The lowest BCUT2D eigenvalue weighted by Gasteiger charge is -2.27. The standard InChI is InChI=1S/C28H33FN4O5S2/c1-19-26(23(34)18-40(36,37)32(2)3)31-25(39-19)17-33(15-7-9-20-8-5-6-10-22(20)29)27(35)28(13-14-28)24-12-11-21(38-4)16-30-24/h5-6,8,10-12,16H,7,9,13-15,17-18H2,1-4H3. The van der Waals surface area contributed by atoms with Crippen LogP contribution in [0.3, 0.4) is 0 Å². The van der Waals surface area contributed by atoms with Crippen LogP contribution in [0.1, 0.15) is 50.9 Å². The number of amides is 1. The number of ketones is 1. The van der Waals surface area contributed by atoms with Crippen LogP contribution in [0, 0.1) is 12.7 Å². The molecule has 0 radical (unpaired) electrons. The van der Waals surface area contributed by atoms with E-state index in [-0.39, 0.29) is 24.0 Å². The van der Waals surface area contributed by atoms with Gasteiger partial charge in [0.1, 0.15) is 28.0 Å². The number of benzene rings is 1. The van der Waals surface area contributed by atoms with Gasteiger partial charge in [0, 0.05) is 25.5 Å². The SMILES string of the molecule is COc1ccc(C2(C(=O)N(CCCc3ccccc3F)Cc3nc(C(=O)CS(=O)(=O)N(C)C)c(C)s3)CC2)nc1. The molecule has 2 aromatic heterocycles. The highest BCUT2D eigenvalue weighted by atomic mass is 32.2. The van der Waals surface area contributed by atoms with E-state index in [1.165, 1.54) is 31.5 Å². The number of aromatic nitrogens is 2. The van der Waals surface area contributed by atoms with Crippen LogP contribution in [-0.4, -0.2) is 72.8 Å². The number of rotatable bonds is 13. The predicted molar refractivity (Wildman–Crippen MR) is 150 cm³/mol. The molecule has 0 unspecified atom stereocenters. The zero-order valence-electron chi connectivity index (χ0n) is 23.0. The Morgan fingerprint density at radius 1 is 1.15 bits per heavy atom. The summed E-state index contributed by atoms with van der Waals surface area (Å²) in [5.41, 5.74) is 0.585. The molecule has 0 N–H and O–H groups in total. The van der Waals surface area contributed by atoms with Crippen LogP contribution in [0.2, 0.25) is 0 Å². The van der Waals surface area contributed by atoms with Crippen molar-refractivity contribution in [2.45, 2.75) is 44.6 Å². The van der Waals surface area contributed by atoms with E-state index in [1.807, 2.05) is 0 Å². The van der Waals surface area contributed by atoms with E-state index < -0.39 is 27.0 Å². The molecule has 9 nitrogen and oxygen atoms in total. The van der Waals surface area contributed by atoms with E-state index in [2.05, 4.69) is 9.97 Å². The van der Waals surface area contributed by atoms with E-state index in [1.54, 1.807) is 55.5 Å². The highest BCUT2D eigenvalue weighted by Crippen LogP contribution is 2.49. The molecule has 40 heavy (non-hydrogen) atoms. The number of nitrogens with zero attached hydrogens (tertiary/aromatic N) is 4. The Morgan fingerprint density at radius 2 is 1.88 bits per heavy atom. The number of hydrogen-bond acceptors (Lipinski definition) is 8. The smallest absolute Gasteiger partial charge is 0.235 e. The largest absolute Gasteiger partial charge is 0.495 e. The Morgan fingerprint density at radius 3 is 2.48 bits per heavy atom. The van der Waals surface area contributed by atoms with Crippen molar-refractivity contribution in [1.29, 1.82) is 0 Å². The van der Waals surface area contributed by atoms with Crippen molar-refractivity contribution < 1.29 is 27.1 Å². The number of halogens is 1. The number of ether oxygens (including phenoxy) is 1. The van der Waals surface area contributed by atoms with Crippen LogP contribution < -0.4 is 4.74 Å². The molecule has 1 amide bonds. The van der Waals surface area contributed by atoms with Gasteiger partial charge in [0.05, 0.1) is 31.0 Å². The molecule has 1 aliphatic carbocycles. The molecule has 0 spiro atoms. The maximum absolute atomic E-state index is 14.2. The third kappa shape index (κ3) is 6.56. The summed E-state index contributed by atoms with van der Waals surface area (Å²) in [6, 6.07) is 10.2. The van der Waals surface area contributed by atoms with Gasteiger partial charge in [-0.2, -0.15) is 0 Å². The second-order valence-electron chi connectivity index (χ2n) is 10.1. The Kier molecular flexibility index (Phi) is 9.01. The van der Waals surface area contributed by atoms with E-state index in [0.29, 0.717) is 59.1 Å². The Balaban J connectivity index is 1.56. The lowest BCUT2D eigenvalue weighted by Crippen LogP contribution is -2.40. The monoisotopic (exact) mass is 588 g/mol. The van der Waals surface area contributed by atoms with Crippen LogP contribution in [0.25, 0.3) is 0 Å². The van der Waals surface area contributed by atoms with Crippen molar-refractivity contribution in [1.82, 2.24) is 19.2 Å². The number of Topliss-reactive ketones (excluding diaryl/α,β-unsaturated/α-hetero) is 1. The minimum atomic E-state index is -3.74. The summed E-state index contributed by atoms with van der Waals surface area (Å²) in [4.78, 5) is 38.0. The van der Waals surface area contributed by atoms with Crippen molar-refractivity contribution in [3.8, 4) is 5.75 Å². The molecule has 4 rings (SSSR count). The second-order valence-corrected chi connectivity index (χ2v) is 13.5. The summed E-state index contributed by atoms with van der Waals surface area (Å²) in [5.74, 6) is -1.06.